The van der Waals surface area contributed by atoms with Crippen LogP contribution < -0.4 is 0 Å². The minimum atomic E-state index is 0.583. The first kappa shape index (κ1) is 28.8. The quantitative estimate of drug-likeness (QED) is 0.193. The topological polar surface area (TPSA) is 81.2 Å². The molecule has 0 fully saturated rings. The molecule has 0 aliphatic carbocycles. The summed E-state index contributed by atoms with van der Waals surface area (Å²) in [5, 5.41) is 34.2. The van der Waals surface area contributed by atoms with Gasteiger partial charge in [-0.2, -0.15) is 15.8 Å². The highest BCUT2D eigenvalue weighted by Crippen LogP contribution is 2.39. The van der Waals surface area contributed by atoms with Crippen molar-refractivity contribution in [2.45, 2.75) is 0 Å². The van der Waals surface area contributed by atoms with Crippen LogP contribution in [0, 0.1) is 34.0 Å². The van der Waals surface area contributed by atoms with Gasteiger partial charge < -0.3 is 9.13 Å². The first-order valence-electron chi connectivity index (χ1n) is 16.3. The van der Waals surface area contributed by atoms with Crippen LogP contribution in [0.5, 0.6) is 0 Å². The third kappa shape index (κ3) is 4.31. The van der Waals surface area contributed by atoms with Crippen LogP contribution in [0.15, 0.2) is 152 Å². The molecular weight excluding hydrogens is 611 g/mol. The zero-order valence-electron chi connectivity index (χ0n) is 26.7. The van der Waals surface area contributed by atoms with Gasteiger partial charge >= 0.3 is 0 Å². The van der Waals surface area contributed by atoms with Crippen LogP contribution in [0.1, 0.15) is 16.7 Å². The normalized spacial score (nSPS) is 11.1. The summed E-state index contributed by atoms with van der Waals surface area (Å²) in [5.41, 5.74) is 11.5. The SMILES string of the molecule is N#Cc1ccc2c(c1)c1ccccc1n2-c1ccccc1-c1cc(-c2ccc(-n3c4ccccc4c4cccc(C#N)c43)cc2)ccc1C#N. The van der Waals surface area contributed by atoms with E-state index in [2.05, 4.69) is 100 Å². The van der Waals surface area contributed by atoms with Gasteiger partial charge in [0.15, 0.2) is 0 Å². The summed E-state index contributed by atoms with van der Waals surface area (Å²) in [7, 11) is 0. The molecule has 5 heteroatoms. The summed E-state index contributed by atoms with van der Waals surface area (Å²) in [4.78, 5) is 0. The maximum atomic E-state index is 10.3. The van der Waals surface area contributed by atoms with E-state index < -0.39 is 0 Å². The summed E-state index contributed by atoms with van der Waals surface area (Å²) in [6.45, 7) is 0. The lowest BCUT2D eigenvalue weighted by molar-refractivity contribution is 1.18. The zero-order chi connectivity index (χ0) is 33.8. The van der Waals surface area contributed by atoms with E-state index in [0.29, 0.717) is 16.7 Å². The summed E-state index contributed by atoms with van der Waals surface area (Å²) in [5.74, 6) is 0. The molecule has 230 valence electrons. The second-order valence-corrected chi connectivity index (χ2v) is 12.3. The van der Waals surface area contributed by atoms with Gasteiger partial charge in [-0.3, -0.25) is 0 Å². The van der Waals surface area contributed by atoms with Gasteiger partial charge in [-0.1, -0.05) is 84.9 Å². The predicted octanol–water partition coefficient (Wildman–Crippen LogP) is 10.8. The van der Waals surface area contributed by atoms with Gasteiger partial charge in [-0.15, -0.1) is 0 Å². The first-order chi connectivity index (χ1) is 24.7. The summed E-state index contributed by atoms with van der Waals surface area (Å²) in [6, 6.07) is 57.8. The minimum absolute atomic E-state index is 0.583. The lowest BCUT2D eigenvalue weighted by atomic mass is 9.94. The minimum Gasteiger partial charge on any atom is -0.309 e. The number of benzene rings is 7. The van der Waals surface area contributed by atoms with Crippen molar-refractivity contribution in [1.82, 2.24) is 9.13 Å². The van der Waals surface area contributed by atoms with Crippen molar-refractivity contribution in [3.05, 3.63) is 168 Å². The van der Waals surface area contributed by atoms with Crippen LogP contribution in [-0.2, 0) is 0 Å². The fraction of sp³-hybridized carbons (Fsp3) is 0. The van der Waals surface area contributed by atoms with Crippen LogP contribution in [0.2, 0.25) is 0 Å². The average Bonchev–Trinajstić information content (AvgIpc) is 3.70. The highest BCUT2D eigenvalue weighted by atomic mass is 15.0. The van der Waals surface area contributed by atoms with E-state index >= 15 is 0 Å². The van der Waals surface area contributed by atoms with Crippen molar-refractivity contribution < 1.29 is 0 Å². The predicted molar refractivity (Wildman–Crippen MR) is 200 cm³/mol. The maximum absolute atomic E-state index is 10.3. The smallest absolute Gasteiger partial charge is 0.101 e. The molecule has 7 aromatic carbocycles. The monoisotopic (exact) mass is 635 g/mol. The maximum Gasteiger partial charge on any atom is 0.101 e. The third-order valence-electron chi connectivity index (χ3n) is 9.65. The molecule has 0 aliphatic heterocycles. The molecule has 0 unspecified atom stereocenters. The van der Waals surface area contributed by atoms with Crippen molar-refractivity contribution in [2.75, 3.05) is 0 Å². The molecule has 0 saturated carbocycles. The number of hydrogen-bond acceptors (Lipinski definition) is 3. The third-order valence-corrected chi connectivity index (χ3v) is 9.65. The van der Waals surface area contributed by atoms with Crippen molar-refractivity contribution in [1.29, 1.82) is 15.8 Å². The van der Waals surface area contributed by atoms with Crippen molar-refractivity contribution in [2.24, 2.45) is 0 Å². The highest BCUT2D eigenvalue weighted by Gasteiger charge is 2.19. The van der Waals surface area contributed by atoms with E-state index in [4.69, 9.17) is 0 Å². The van der Waals surface area contributed by atoms with Crippen molar-refractivity contribution in [3.63, 3.8) is 0 Å². The van der Waals surface area contributed by atoms with Gasteiger partial charge in [0.05, 0.1) is 56.6 Å². The van der Waals surface area contributed by atoms with E-state index in [1.807, 2.05) is 78.9 Å². The Balaban J connectivity index is 1.20. The number of nitriles is 3. The zero-order valence-corrected chi connectivity index (χ0v) is 26.7. The van der Waals surface area contributed by atoms with Gasteiger partial charge in [0.1, 0.15) is 6.07 Å². The molecule has 0 atom stereocenters. The van der Waals surface area contributed by atoms with E-state index in [9.17, 15) is 15.8 Å². The first-order valence-corrected chi connectivity index (χ1v) is 16.3. The Morgan fingerprint density at radius 1 is 0.400 bits per heavy atom. The van der Waals surface area contributed by atoms with Crippen LogP contribution in [-0.4, -0.2) is 9.13 Å². The Morgan fingerprint density at radius 2 is 1.04 bits per heavy atom. The Morgan fingerprint density at radius 3 is 1.80 bits per heavy atom. The van der Waals surface area contributed by atoms with E-state index in [1.165, 1.54) is 0 Å². The van der Waals surface area contributed by atoms with Crippen LogP contribution in [0.4, 0.5) is 0 Å². The number of hydrogen-bond donors (Lipinski definition) is 0. The second kappa shape index (κ2) is 11.4. The van der Waals surface area contributed by atoms with E-state index in [-0.39, 0.29) is 0 Å². The largest absolute Gasteiger partial charge is 0.309 e. The van der Waals surface area contributed by atoms with Gasteiger partial charge in [0, 0.05) is 38.4 Å². The fourth-order valence-electron chi connectivity index (χ4n) is 7.42. The Hall–Kier alpha value is -7.39. The van der Waals surface area contributed by atoms with Crippen LogP contribution >= 0.6 is 0 Å². The molecule has 9 rings (SSSR count). The summed E-state index contributed by atoms with van der Waals surface area (Å²) >= 11 is 0. The van der Waals surface area contributed by atoms with Gasteiger partial charge in [0.2, 0.25) is 0 Å². The molecule has 2 aromatic heterocycles. The molecular formula is C45H25N5. The van der Waals surface area contributed by atoms with Gasteiger partial charge in [-0.25, -0.2) is 0 Å². The highest BCUT2D eigenvalue weighted by molar-refractivity contribution is 6.11. The number of aromatic nitrogens is 2. The summed E-state index contributed by atoms with van der Waals surface area (Å²) < 4.78 is 4.39. The number of para-hydroxylation sites is 4. The molecule has 0 amide bonds. The molecule has 0 saturated heterocycles. The van der Waals surface area contributed by atoms with Crippen molar-refractivity contribution >= 4 is 43.6 Å². The molecule has 0 bridgehead atoms. The molecule has 5 nitrogen and oxygen atoms in total. The van der Waals surface area contributed by atoms with Gasteiger partial charge in [-0.05, 0) is 77.9 Å². The number of fused-ring (bicyclic) bond motifs is 6. The fourth-order valence-corrected chi connectivity index (χ4v) is 7.42. The standard InChI is InChI=1S/C45H25N5/c46-26-29-16-23-44-40(24-29)37-11-3-6-15-43(37)50(44)42-14-5-2-10-36(42)39-25-31(17-18-32(39)27-47)30-19-21-34(22-20-30)49-41-13-4-1-9-35(41)38-12-7-8-33(28-48)45(38)49/h1-25H. The lowest BCUT2D eigenvalue weighted by Crippen LogP contribution is -1.98. The van der Waals surface area contributed by atoms with Crippen LogP contribution in [0.25, 0.3) is 77.2 Å². The second-order valence-electron chi connectivity index (χ2n) is 12.3. The molecule has 2 heterocycles. The van der Waals surface area contributed by atoms with E-state index in [1.54, 1.807) is 0 Å². The average molecular weight is 636 g/mol. The number of rotatable bonds is 4. The van der Waals surface area contributed by atoms with Crippen LogP contribution in [0.3, 0.4) is 0 Å². The summed E-state index contributed by atoms with van der Waals surface area (Å²) in [6.07, 6.45) is 0. The lowest BCUT2D eigenvalue weighted by Gasteiger charge is -2.16. The van der Waals surface area contributed by atoms with E-state index in [0.717, 1.165) is 77.2 Å². The van der Waals surface area contributed by atoms with Crippen molar-refractivity contribution in [3.8, 4) is 51.8 Å². The molecule has 0 aliphatic rings. The molecule has 0 spiro atoms. The molecule has 0 radical (unpaired) electrons. The number of nitrogens with zero attached hydrogens (tertiary/aromatic N) is 5. The molecule has 0 N–H and O–H groups in total. The Kier molecular flexibility index (Phi) is 6.56. The molecule has 9 aromatic rings. The van der Waals surface area contributed by atoms with Gasteiger partial charge in [0.25, 0.3) is 0 Å². The molecule has 50 heavy (non-hydrogen) atoms. The Bertz CT molecular complexity index is 2960. The Labute approximate surface area is 287 Å².